The molecule has 3 heterocycles. The highest BCUT2D eigenvalue weighted by molar-refractivity contribution is 5.74. The number of nitrogens with one attached hydrogen (secondary N) is 1. The van der Waals surface area contributed by atoms with E-state index in [1.54, 1.807) is 0 Å². The lowest BCUT2D eigenvalue weighted by Crippen LogP contribution is -2.45. The summed E-state index contributed by atoms with van der Waals surface area (Å²) in [5.41, 5.74) is 1.72. The predicted octanol–water partition coefficient (Wildman–Crippen LogP) is 4.23. The summed E-state index contributed by atoms with van der Waals surface area (Å²) in [6.45, 7) is 8.23. The van der Waals surface area contributed by atoms with Crippen LogP contribution in [-0.4, -0.2) is 60.1 Å². The van der Waals surface area contributed by atoms with Crippen LogP contribution in [0.2, 0.25) is 0 Å². The van der Waals surface area contributed by atoms with Gasteiger partial charge in [0.1, 0.15) is 5.52 Å². The minimum Gasteiger partial charge on any atom is -0.440 e. The van der Waals surface area contributed by atoms with Gasteiger partial charge in [-0.2, -0.15) is 0 Å². The van der Waals surface area contributed by atoms with Gasteiger partial charge < -0.3 is 19.5 Å². The first-order valence-electron chi connectivity index (χ1n) is 11.3. The molecule has 2 aromatic rings. The lowest BCUT2D eigenvalue weighted by Gasteiger charge is -2.31. The zero-order valence-corrected chi connectivity index (χ0v) is 17.6. The van der Waals surface area contributed by atoms with Crippen LogP contribution in [0.4, 0.5) is 4.79 Å². The number of carbonyl (C=O) groups excluding carboxylic acids is 1. The van der Waals surface area contributed by atoms with Crippen molar-refractivity contribution in [2.24, 2.45) is 5.92 Å². The fourth-order valence-corrected chi connectivity index (χ4v) is 4.48. The largest absolute Gasteiger partial charge is 0.440 e. The van der Waals surface area contributed by atoms with Gasteiger partial charge in [-0.25, -0.2) is 9.78 Å². The first-order chi connectivity index (χ1) is 14.2. The number of carbonyl (C=O) groups is 1. The lowest BCUT2D eigenvalue weighted by molar-refractivity contribution is 0.173. The van der Waals surface area contributed by atoms with E-state index in [4.69, 9.17) is 4.42 Å². The van der Waals surface area contributed by atoms with Gasteiger partial charge in [-0.1, -0.05) is 19.1 Å². The van der Waals surface area contributed by atoms with Crippen LogP contribution in [0.1, 0.15) is 57.3 Å². The van der Waals surface area contributed by atoms with Crippen molar-refractivity contribution in [2.75, 3.05) is 39.3 Å². The topological polar surface area (TPSA) is 61.6 Å². The Labute approximate surface area is 173 Å². The van der Waals surface area contributed by atoms with Gasteiger partial charge in [0, 0.05) is 19.6 Å². The summed E-state index contributed by atoms with van der Waals surface area (Å²) in [5, 5.41) is 3.11. The summed E-state index contributed by atoms with van der Waals surface area (Å²) in [6, 6.07) is 7.91. The van der Waals surface area contributed by atoms with Crippen molar-refractivity contribution in [1.82, 2.24) is 20.1 Å². The number of para-hydroxylation sites is 2. The Hall–Kier alpha value is -2.08. The van der Waals surface area contributed by atoms with Crippen LogP contribution in [0.5, 0.6) is 0 Å². The number of oxazole rings is 1. The third-order valence-electron chi connectivity index (χ3n) is 6.42. The summed E-state index contributed by atoms with van der Waals surface area (Å²) >= 11 is 0. The molecule has 1 atom stereocenters. The highest BCUT2D eigenvalue weighted by atomic mass is 16.3. The number of urea groups is 1. The molecular formula is C23H34N4O2. The normalized spacial score (nSPS) is 21.6. The second-order valence-corrected chi connectivity index (χ2v) is 8.77. The molecule has 1 unspecified atom stereocenters. The molecule has 6 heteroatoms. The maximum atomic E-state index is 12.6. The number of rotatable bonds is 6. The molecule has 158 valence electrons. The maximum absolute atomic E-state index is 12.6. The fourth-order valence-electron chi connectivity index (χ4n) is 4.48. The maximum Gasteiger partial charge on any atom is 0.317 e. The van der Waals surface area contributed by atoms with Crippen LogP contribution in [0.3, 0.4) is 0 Å². The predicted molar refractivity (Wildman–Crippen MR) is 115 cm³/mol. The van der Waals surface area contributed by atoms with Crippen LogP contribution >= 0.6 is 0 Å². The van der Waals surface area contributed by atoms with Gasteiger partial charge in [0.2, 0.25) is 0 Å². The summed E-state index contributed by atoms with van der Waals surface area (Å²) < 4.78 is 5.94. The number of hydrogen-bond acceptors (Lipinski definition) is 4. The van der Waals surface area contributed by atoms with Crippen molar-refractivity contribution in [3.63, 3.8) is 0 Å². The number of piperidine rings is 2. The van der Waals surface area contributed by atoms with Crippen molar-refractivity contribution in [3.05, 3.63) is 30.2 Å². The number of unbranched alkanes of at least 4 members (excludes halogenated alkanes) is 1. The van der Waals surface area contributed by atoms with E-state index < -0.39 is 0 Å². The van der Waals surface area contributed by atoms with Crippen LogP contribution in [0.25, 0.3) is 11.1 Å². The van der Waals surface area contributed by atoms with Crippen molar-refractivity contribution < 1.29 is 9.21 Å². The first kappa shape index (κ1) is 20.2. The number of aromatic nitrogens is 1. The summed E-state index contributed by atoms with van der Waals surface area (Å²) in [4.78, 5) is 21.7. The molecule has 2 aliphatic rings. The van der Waals surface area contributed by atoms with Gasteiger partial charge in [0.25, 0.3) is 0 Å². The Kier molecular flexibility index (Phi) is 6.70. The van der Waals surface area contributed by atoms with E-state index in [0.29, 0.717) is 6.54 Å². The molecule has 0 bridgehead atoms. The molecular weight excluding hydrogens is 364 g/mol. The Balaban J connectivity index is 1.19. The Morgan fingerprint density at radius 3 is 2.83 bits per heavy atom. The van der Waals surface area contributed by atoms with Crippen LogP contribution in [-0.2, 0) is 0 Å². The zero-order chi connectivity index (χ0) is 20.1. The molecule has 0 spiro atoms. The molecule has 0 radical (unpaired) electrons. The number of nitrogens with zero attached hydrogens (tertiary/aromatic N) is 3. The Morgan fingerprint density at radius 2 is 2.00 bits per heavy atom. The molecule has 2 fully saturated rings. The summed E-state index contributed by atoms with van der Waals surface area (Å²) in [7, 11) is 0. The SMILES string of the molecule is CC1CCN(CCCCNC(=O)N2CCCC(c3nc4ccccc4o3)C2)CC1. The van der Waals surface area contributed by atoms with Crippen molar-refractivity contribution in [2.45, 2.75) is 51.4 Å². The molecule has 0 saturated carbocycles. The highest BCUT2D eigenvalue weighted by Gasteiger charge is 2.28. The summed E-state index contributed by atoms with van der Waals surface area (Å²) in [6.07, 6.45) is 6.86. The quantitative estimate of drug-likeness (QED) is 0.740. The minimum absolute atomic E-state index is 0.0533. The average Bonchev–Trinajstić information content (AvgIpc) is 3.19. The lowest BCUT2D eigenvalue weighted by atomic mass is 9.98. The molecule has 4 rings (SSSR count). The van der Waals surface area contributed by atoms with Crippen LogP contribution in [0, 0.1) is 5.92 Å². The molecule has 2 amide bonds. The third-order valence-corrected chi connectivity index (χ3v) is 6.42. The second-order valence-electron chi connectivity index (χ2n) is 8.77. The van der Waals surface area contributed by atoms with Gasteiger partial charge in [0.05, 0.1) is 5.92 Å². The number of likely N-dealkylation sites (tertiary alicyclic amines) is 2. The second kappa shape index (κ2) is 9.61. The molecule has 1 aromatic carbocycles. The van der Waals surface area contributed by atoms with Gasteiger partial charge >= 0.3 is 6.03 Å². The van der Waals surface area contributed by atoms with Crippen LogP contribution < -0.4 is 5.32 Å². The highest BCUT2D eigenvalue weighted by Crippen LogP contribution is 2.29. The summed E-state index contributed by atoms with van der Waals surface area (Å²) in [5.74, 6) is 1.83. The standard InChI is InChI=1S/C23H34N4O2/c1-18-10-15-26(16-11-18)13-5-4-12-24-23(28)27-14-6-7-19(17-27)22-25-20-8-2-3-9-21(20)29-22/h2-3,8-9,18-19H,4-7,10-17H2,1H3,(H,24,28). The van der Waals surface area contributed by atoms with E-state index in [1.807, 2.05) is 29.2 Å². The molecule has 0 aliphatic carbocycles. The third kappa shape index (κ3) is 5.30. The van der Waals surface area contributed by atoms with Crippen molar-refractivity contribution in [1.29, 1.82) is 0 Å². The zero-order valence-electron chi connectivity index (χ0n) is 17.6. The van der Waals surface area contributed by atoms with E-state index in [1.165, 1.54) is 25.9 Å². The molecule has 1 N–H and O–H groups in total. The van der Waals surface area contributed by atoms with Crippen molar-refractivity contribution in [3.8, 4) is 0 Å². The van der Waals surface area contributed by atoms with Gasteiger partial charge in [-0.3, -0.25) is 0 Å². The van der Waals surface area contributed by atoms with E-state index in [9.17, 15) is 4.79 Å². The number of benzene rings is 1. The number of amides is 2. The average molecular weight is 399 g/mol. The smallest absolute Gasteiger partial charge is 0.317 e. The Bertz CT molecular complexity index is 764. The minimum atomic E-state index is 0.0533. The van der Waals surface area contributed by atoms with Gasteiger partial charge in [-0.15, -0.1) is 0 Å². The number of hydrogen-bond donors (Lipinski definition) is 1. The van der Waals surface area contributed by atoms with Gasteiger partial charge in [0.15, 0.2) is 11.5 Å². The van der Waals surface area contributed by atoms with Crippen molar-refractivity contribution >= 4 is 17.1 Å². The van der Waals surface area contributed by atoms with E-state index in [2.05, 4.69) is 22.1 Å². The fraction of sp³-hybridized carbons (Fsp3) is 0.652. The molecule has 1 aromatic heterocycles. The van der Waals surface area contributed by atoms with E-state index in [-0.39, 0.29) is 11.9 Å². The molecule has 2 saturated heterocycles. The monoisotopic (exact) mass is 398 g/mol. The Morgan fingerprint density at radius 1 is 1.17 bits per heavy atom. The van der Waals surface area contributed by atoms with E-state index in [0.717, 1.165) is 68.2 Å². The molecule has 29 heavy (non-hydrogen) atoms. The van der Waals surface area contributed by atoms with E-state index >= 15 is 0 Å². The van der Waals surface area contributed by atoms with Gasteiger partial charge in [-0.05, 0) is 76.2 Å². The molecule has 6 nitrogen and oxygen atoms in total. The number of fused-ring (bicyclic) bond motifs is 1. The first-order valence-corrected chi connectivity index (χ1v) is 11.3. The van der Waals surface area contributed by atoms with Crippen LogP contribution in [0.15, 0.2) is 28.7 Å². The molecule has 2 aliphatic heterocycles.